The van der Waals surface area contributed by atoms with Crippen LogP contribution in [0.2, 0.25) is 0 Å². The number of carbonyl (C=O) groups excluding carboxylic acids is 3. The first-order chi connectivity index (χ1) is 27.3. The topological polar surface area (TPSA) is 117 Å². The molecule has 5 saturated carbocycles. The minimum absolute atomic E-state index is 0.00768. The Balaban J connectivity index is 1.01. The summed E-state index contributed by atoms with van der Waals surface area (Å²) in [5, 5.41) is 26.8. The van der Waals surface area contributed by atoms with Gasteiger partial charge in [0.15, 0.2) is 0 Å². The van der Waals surface area contributed by atoms with Crippen LogP contribution in [0.25, 0.3) is 0 Å². The Morgan fingerprint density at radius 2 is 1.14 bits per heavy atom. The van der Waals surface area contributed by atoms with E-state index in [9.17, 15) is 50.9 Å². The van der Waals surface area contributed by atoms with E-state index in [1.807, 2.05) is 9.80 Å². The van der Waals surface area contributed by atoms with Crippen LogP contribution in [0.1, 0.15) is 83.5 Å². The zero-order valence-corrected chi connectivity index (χ0v) is 32.9. The average Bonchev–Trinajstić information content (AvgIpc) is 3.76. The largest absolute Gasteiger partial charge is 0.461 e. The maximum atomic E-state index is 14.9. The van der Waals surface area contributed by atoms with Gasteiger partial charge in [-0.2, -0.15) is 26.3 Å². The van der Waals surface area contributed by atoms with E-state index in [0.29, 0.717) is 32.1 Å². The normalized spacial score (nSPS) is 45.6. The third kappa shape index (κ3) is 6.02. The minimum atomic E-state index is -4.27. The molecule has 9 rings (SSSR count). The summed E-state index contributed by atoms with van der Waals surface area (Å²) < 4.78 is 93.2. The summed E-state index contributed by atoms with van der Waals surface area (Å²) >= 11 is 0. The number of piperidine rings is 2. The van der Waals surface area contributed by atoms with Crippen LogP contribution in [-0.4, -0.2) is 113 Å². The zero-order chi connectivity index (χ0) is 41.3. The number of hydrogen-bond donors (Lipinski definition) is 2. The number of halogens is 6. The Hall–Kier alpha value is -2.49. The van der Waals surface area contributed by atoms with Crippen molar-refractivity contribution >= 4 is 17.7 Å². The van der Waals surface area contributed by atoms with Crippen molar-refractivity contribution in [1.82, 2.24) is 9.80 Å². The molecule has 0 bridgehead atoms. The maximum absolute atomic E-state index is 14.9. The molecule has 4 saturated heterocycles. The summed E-state index contributed by atoms with van der Waals surface area (Å²) in [5.41, 5.74) is -3.79. The molecule has 0 aromatic heterocycles. The van der Waals surface area contributed by atoms with Crippen molar-refractivity contribution in [3.8, 4) is 0 Å². The quantitative estimate of drug-likeness (QED) is 0.200. The van der Waals surface area contributed by atoms with E-state index in [1.165, 1.54) is 0 Å². The Bertz CT molecular complexity index is 1720. The SMILES string of the molecule is C=C1CC[C@H]2C(CN3CCC(C(F)(F)F)CC3)C(=O)O[C@@H]2[C@@H]2[C@H]1C[C@@]1(O)[C@]2(O)CCC[C@]12C(=O)C[C@H]1C(=C)CC[C@H]3C(CN4CCC(C(F)(F)F)CC4)C(=O)O[C@@H]3[C@H]12. The number of esters is 2. The van der Waals surface area contributed by atoms with E-state index in [2.05, 4.69) is 13.2 Å². The molecule has 2 unspecified atom stereocenters. The van der Waals surface area contributed by atoms with Gasteiger partial charge in [-0.3, -0.25) is 14.4 Å². The number of carbonyl (C=O) groups is 3. The summed E-state index contributed by atoms with van der Waals surface area (Å²) in [6, 6.07) is 0. The molecule has 0 amide bonds. The van der Waals surface area contributed by atoms with Crippen LogP contribution in [-0.2, 0) is 23.9 Å². The van der Waals surface area contributed by atoms with Crippen LogP contribution in [0.3, 0.4) is 0 Å². The highest BCUT2D eigenvalue weighted by Gasteiger charge is 2.81. The first-order valence-electron chi connectivity index (χ1n) is 21.6. The fourth-order valence-corrected chi connectivity index (χ4v) is 14.4. The van der Waals surface area contributed by atoms with Gasteiger partial charge in [0, 0.05) is 43.2 Å². The maximum Gasteiger partial charge on any atom is 0.391 e. The van der Waals surface area contributed by atoms with Gasteiger partial charge in [-0.1, -0.05) is 24.3 Å². The Morgan fingerprint density at radius 3 is 1.62 bits per heavy atom. The summed E-state index contributed by atoms with van der Waals surface area (Å²) in [7, 11) is 0. The Labute approximate surface area is 334 Å². The third-order valence-corrected chi connectivity index (χ3v) is 17.3. The predicted molar refractivity (Wildman–Crippen MR) is 195 cm³/mol. The summed E-state index contributed by atoms with van der Waals surface area (Å²) in [4.78, 5) is 46.3. The van der Waals surface area contributed by atoms with E-state index < -0.39 is 100 Å². The summed E-state index contributed by atoms with van der Waals surface area (Å²) in [5.74, 6) is -8.27. The second-order valence-electron chi connectivity index (χ2n) is 19.7. The van der Waals surface area contributed by atoms with Gasteiger partial charge in [-0.25, -0.2) is 0 Å². The van der Waals surface area contributed by atoms with Gasteiger partial charge in [-0.05, 0) is 115 Å². The van der Waals surface area contributed by atoms with Gasteiger partial charge in [0.2, 0.25) is 0 Å². The minimum Gasteiger partial charge on any atom is -0.461 e. The molecule has 0 aromatic carbocycles. The van der Waals surface area contributed by atoms with Crippen molar-refractivity contribution in [1.29, 1.82) is 0 Å². The van der Waals surface area contributed by atoms with Crippen LogP contribution in [0.5, 0.6) is 0 Å². The smallest absolute Gasteiger partial charge is 0.391 e. The molecule has 5 aliphatic carbocycles. The van der Waals surface area contributed by atoms with Crippen molar-refractivity contribution in [2.75, 3.05) is 39.3 Å². The van der Waals surface area contributed by atoms with Crippen molar-refractivity contribution in [3.63, 3.8) is 0 Å². The molecule has 58 heavy (non-hydrogen) atoms. The number of alkyl halides is 6. The second-order valence-corrected chi connectivity index (χ2v) is 19.7. The molecule has 0 aromatic rings. The molecule has 13 atom stereocenters. The highest BCUT2D eigenvalue weighted by atomic mass is 19.4. The standard InChI is InChI=1S/C43H56F6N2O7/c1-22-4-6-26-30(20-50-14-8-24(9-15-50)42(44,45)46)37(53)57-35(26)33-28(22)18-32(52)39(33)12-3-13-40(55)34-29(19-41(39,40)56)23(2)5-7-27-31(38(54)58-36(27)34)21-51-16-10-25(11-17-51)43(47,48)49/h24-31,33-36,55-56H,1-21H2/t26-,27-,28-,29-,30?,31?,33-,34-,35-,36-,39+,40-,41-/m0/s1. The lowest BCUT2D eigenvalue weighted by molar-refractivity contribution is -0.256. The number of fused-ring (bicyclic) bond motifs is 10. The molecule has 2 N–H and O–H groups in total. The predicted octanol–water partition coefficient (Wildman–Crippen LogP) is 6.02. The summed E-state index contributed by atoms with van der Waals surface area (Å²) in [6.45, 7) is 10.1. The first-order valence-corrected chi connectivity index (χ1v) is 21.6. The molecular formula is C43H56F6N2O7. The monoisotopic (exact) mass is 826 g/mol. The lowest BCUT2D eigenvalue weighted by Gasteiger charge is -2.58. The fraction of sp³-hybridized carbons (Fsp3) is 0.837. The Morgan fingerprint density at radius 1 is 0.672 bits per heavy atom. The lowest BCUT2D eigenvalue weighted by atomic mass is 9.49. The van der Waals surface area contributed by atoms with E-state index in [-0.39, 0.29) is 108 Å². The van der Waals surface area contributed by atoms with Gasteiger partial charge < -0.3 is 29.5 Å². The average molecular weight is 827 g/mol. The number of ketones is 1. The number of nitrogens with zero attached hydrogens (tertiary/aromatic N) is 2. The molecule has 15 heteroatoms. The number of aliphatic hydroxyl groups is 2. The molecule has 9 aliphatic rings. The number of Topliss-reactive ketones (excluding diaryl/α,β-unsaturated/α-hetero) is 1. The van der Waals surface area contributed by atoms with Crippen molar-refractivity contribution in [2.45, 2.75) is 119 Å². The van der Waals surface area contributed by atoms with Crippen LogP contribution in [0.15, 0.2) is 24.3 Å². The van der Waals surface area contributed by atoms with Crippen LogP contribution < -0.4 is 0 Å². The molecule has 322 valence electrons. The van der Waals surface area contributed by atoms with Crippen molar-refractivity contribution in [2.24, 2.45) is 64.6 Å². The first kappa shape index (κ1) is 40.9. The van der Waals surface area contributed by atoms with Crippen molar-refractivity contribution in [3.05, 3.63) is 24.3 Å². The number of hydrogen-bond acceptors (Lipinski definition) is 9. The lowest BCUT2D eigenvalue weighted by Crippen LogP contribution is -2.71. The molecule has 4 heterocycles. The molecule has 1 spiro atoms. The summed E-state index contributed by atoms with van der Waals surface area (Å²) in [6.07, 6.45) is -7.35. The van der Waals surface area contributed by atoms with Crippen LogP contribution in [0.4, 0.5) is 26.3 Å². The molecular weight excluding hydrogens is 770 g/mol. The third-order valence-electron chi connectivity index (χ3n) is 17.3. The van der Waals surface area contributed by atoms with Gasteiger partial charge in [0.05, 0.1) is 29.1 Å². The number of likely N-dealkylation sites (tertiary alicyclic amines) is 2. The van der Waals surface area contributed by atoms with E-state index in [4.69, 9.17) is 9.47 Å². The second kappa shape index (κ2) is 14.0. The molecule has 9 fully saturated rings. The molecule has 9 nitrogen and oxygen atoms in total. The number of ether oxygens (including phenoxy) is 2. The Kier molecular flexibility index (Phi) is 9.88. The van der Waals surface area contributed by atoms with Gasteiger partial charge in [-0.15, -0.1) is 0 Å². The molecule has 4 aliphatic heterocycles. The number of allylic oxidation sites excluding steroid dienone is 2. The number of rotatable bonds is 4. The van der Waals surface area contributed by atoms with Gasteiger partial charge in [0.1, 0.15) is 29.2 Å². The highest BCUT2D eigenvalue weighted by Crippen LogP contribution is 2.73. The molecule has 0 radical (unpaired) electrons. The highest BCUT2D eigenvalue weighted by molar-refractivity contribution is 5.91. The van der Waals surface area contributed by atoms with Crippen LogP contribution in [0, 0.1) is 64.6 Å². The van der Waals surface area contributed by atoms with E-state index in [1.54, 1.807) is 0 Å². The van der Waals surface area contributed by atoms with Gasteiger partial charge in [0.25, 0.3) is 0 Å². The zero-order valence-electron chi connectivity index (χ0n) is 32.9. The van der Waals surface area contributed by atoms with E-state index in [0.717, 1.165) is 11.1 Å². The fourth-order valence-electron chi connectivity index (χ4n) is 14.4. The van der Waals surface area contributed by atoms with E-state index >= 15 is 0 Å². The van der Waals surface area contributed by atoms with Gasteiger partial charge >= 0.3 is 24.3 Å². The van der Waals surface area contributed by atoms with Crippen molar-refractivity contribution < 1.29 is 60.4 Å². The van der Waals surface area contributed by atoms with Crippen LogP contribution >= 0.6 is 0 Å².